The van der Waals surface area contributed by atoms with Gasteiger partial charge in [-0.05, 0) is 36.6 Å². The molecule has 1 rings (SSSR count). The lowest BCUT2D eigenvalue weighted by molar-refractivity contribution is 0.0861. The summed E-state index contributed by atoms with van der Waals surface area (Å²) in [4.78, 5) is 0. The maximum Gasteiger partial charge on any atom is 0.0833 e. The molecule has 1 aromatic carbocycles. The predicted octanol–water partition coefficient (Wildman–Crippen LogP) is 2.91. The minimum Gasteiger partial charge on any atom is -0.388 e. The van der Waals surface area contributed by atoms with Crippen LogP contribution in [-0.2, 0) is 0 Å². The molecule has 3 N–H and O–H groups in total. The molecule has 2 atom stereocenters. The third-order valence-corrected chi connectivity index (χ3v) is 3.48. The van der Waals surface area contributed by atoms with Crippen LogP contribution in [0.4, 0.5) is 0 Å². The highest BCUT2D eigenvalue weighted by molar-refractivity contribution is 6.31. The van der Waals surface area contributed by atoms with Crippen LogP contribution in [0.15, 0.2) is 18.2 Å². The molecule has 0 saturated carbocycles. The molecule has 2 nitrogen and oxygen atoms in total. The van der Waals surface area contributed by atoms with E-state index in [2.05, 4.69) is 13.8 Å². The third-order valence-electron chi connectivity index (χ3n) is 3.07. The highest BCUT2D eigenvalue weighted by atomic mass is 35.5. The minimum absolute atomic E-state index is 0.0683. The standard InChI is InChI=1S/C13H20ClNO/c1-8(2)11(7-15)13(16)10-5-4-9(3)12(14)6-10/h4-6,8,11,13,16H,7,15H2,1-3H3. The monoisotopic (exact) mass is 241 g/mol. The lowest BCUT2D eigenvalue weighted by Gasteiger charge is -2.25. The first-order valence-electron chi connectivity index (χ1n) is 5.61. The van der Waals surface area contributed by atoms with Gasteiger partial charge in [-0.2, -0.15) is 0 Å². The number of halogens is 1. The van der Waals surface area contributed by atoms with Crippen molar-refractivity contribution < 1.29 is 5.11 Å². The van der Waals surface area contributed by atoms with Crippen molar-refractivity contribution >= 4 is 11.6 Å². The Morgan fingerprint density at radius 2 is 2.00 bits per heavy atom. The second kappa shape index (κ2) is 5.67. The van der Waals surface area contributed by atoms with Crippen molar-refractivity contribution in [3.8, 4) is 0 Å². The number of rotatable bonds is 4. The zero-order valence-electron chi connectivity index (χ0n) is 10.1. The summed E-state index contributed by atoms with van der Waals surface area (Å²) in [5.41, 5.74) is 7.55. The SMILES string of the molecule is Cc1ccc(C(O)C(CN)C(C)C)cc1Cl. The second-order valence-electron chi connectivity index (χ2n) is 4.60. The van der Waals surface area contributed by atoms with E-state index >= 15 is 0 Å². The largest absolute Gasteiger partial charge is 0.388 e. The molecule has 0 aliphatic rings. The van der Waals surface area contributed by atoms with Crippen LogP contribution in [-0.4, -0.2) is 11.7 Å². The van der Waals surface area contributed by atoms with Crippen molar-refractivity contribution in [3.63, 3.8) is 0 Å². The number of aliphatic hydroxyl groups is 1. The van der Waals surface area contributed by atoms with E-state index in [-0.39, 0.29) is 5.92 Å². The first kappa shape index (κ1) is 13.5. The highest BCUT2D eigenvalue weighted by Crippen LogP contribution is 2.29. The van der Waals surface area contributed by atoms with Gasteiger partial charge in [-0.25, -0.2) is 0 Å². The maximum atomic E-state index is 10.2. The van der Waals surface area contributed by atoms with Crippen molar-refractivity contribution in [1.29, 1.82) is 0 Å². The van der Waals surface area contributed by atoms with Gasteiger partial charge in [0.15, 0.2) is 0 Å². The summed E-state index contributed by atoms with van der Waals surface area (Å²) in [6.45, 7) is 6.55. The van der Waals surface area contributed by atoms with Gasteiger partial charge in [0.25, 0.3) is 0 Å². The summed E-state index contributed by atoms with van der Waals surface area (Å²) < 4.78 is 0. The number of benzene rings is 1. The molecule has 3 heteroatoms. The Bertz CT molecular complexity index is 352. The molecular weight excluding hydrogens is 222 g/mol. The quantitative estimate of drug-likeness (QED) is 0.852. The van der Waals surface area contributed by atoms with Crippen molar-refractivity contribution in [3.05, 3.63) is 34.3 Å². The fourth-order valence-electron chi connectivity index (χ4n) is 1.81. The maximum absolute atomic E-state index is 10.2. The molecule has 0 aliphatic carbocycles. The molecule has 0 spiro atoms. The van der Waals surface area contributed by atoms with E-state index in [1.807, 2.05) is 25.1 Å². The molecule has 90 valence electrons. The summed E-state index contributed by atoms with van der Waals surface area (Å²) in [6.07, 6.45) is -0.539. The smallest absolute Gasteiger partial charge is 0.0833 e. The van der Waals surface area contributed by atoms with E-state index in [0.29, 0.717) is 17.5 Å². The predicted molar refractivity (Wildman–Crippen MR) is 68.5 cm³/mol. The van der Waals surface area contributed by atoms with Crippen molar-refractivity contribution in [1.82, 2.24) is 0 Å². The summed E-state index contributed by atoms with van der Waals surface area (Å²) >= 11 is 6.04. The fraction of sp³-hybridized carbons (Fsp3) is 0.538. The fourth-order valence-corrected chi connectivity index (χ4v) is 1.99. The number of aliphatic hydroxyl groups excluding tert-OH is 1. The van der Waals surface area contributed by atoms with Crippen LogP contribution in [0.5, 0.6) is 0 Å². The van der Waals surface area contributed by atoms with Gasteiger partial charge in [-0.1, -0.05) is 37.6 Å². The van der Waals surface area contributed by atoms with Gasteiger partial charge in [0.2, 0.25) is 0 Å². The third kappa shape index (κ3) is 2.97. The van der Waals surface area contributed by atoms with E-state index in [4.69, 9.17) is 17.3 Å². The van der Waals surface area contributed by atoms with Crippen molar-refractivity contribution in [2.45, 2.75) is 26.9 Å². The average molecular weight is 242 g/mol. The Balaban J connectivity index is 2.94. The lowest BCUT2D eigenvalue weighted by atomic mass is 9.86. The Morgan fingerprint density at radius 1 is 1.38 bits per heavy atom. The molecule has 0 radical (unpaired) electrons. The van der Waals surface area contributed by atoms with Gasteiger partial charge in [0.05, 0.1) is 6.10 Å². The zero-order chi connectivity index (χ0) is 12.3. The van der Waals surface area contributed by atoms with E-state index in [1.165, 1.54) is 0 Å². The van der Waals surface area contributed by atoms with E-state index in [1.54, 1.807) is 0 Å². The molecule has 0 heterocycles. The number of aryl methyl sites for hydroxylation is 1. The van der Waals surface area contributed by atoms with Crippen molar-refractivity contribution in [2.24, 2.45) is 17.6 Å². The number of hydrogen-bond donors (Lipinski definition) is 2. The summed E-state index contributed by atoms with van der Waals surface area (Å²) in [5, 5.41) is 10.9. The molecule has 2 unspecified atom stereocenters. The van der Waals surface area contributed by atoms with Crippen LogP contribution in [0.25, 0.3) is 0 Å². The van der Waals surface area contributed by atoms with E-state index < -0.39 is 6.10 Å². The van der Waals surface area contributed by atoms with Gasteiger partial charge in [0.1, 0.15) is 0 Å². The first-order chi connectivity index (χ1) is 7.47. The van der Waals surface area contributed by atoms with Gasteiger partial charge >= 0.3 is 0 Å². The van der Waals surface area contributed by atoms with Crippen molar-refractivity contribution in [2.75, 3.05) is 6.54 Å². The van der Waals surface area contributed by atoms with Crippen LogP contribution in [0.1, 0.15) is 31.1 Å². The zero-order valence-corrected chi connectivity index (χ0v) is 10.8. The molecule has 0 saturated heterocycles. The molecule has 0 aliphatic heterocycles. The highest BCUT2D eigenvalue weighted by Gasteiger charge is 2.22. The normalized spacial score (nSPS) is 15.2. The Hall–Kier alpha value is -0.570. The number of nitrogens with two attached hydrogens (primary N) is 1. The molecule has 1 aromatic rings. The Labute approximate surface area is 102 Å². The first-order valence-corrected chi connectivity index (χ1v) is 5.99. The Kier molecular flexibility index (Phi) is 4.78. The van der Waals surface area contributed by atoms with E-state index in [0.717, 1.165) is 11.1 Å². The topological polar surface area (TPSA) is 46.2 Å². The van der Waals surface area contributed by atoms with Gasteiger partial charge in [0, 0.05) is 10.9 Å². The molecule has 0 fully saturated rings. The summed E-state index contributed by atoms with van der Waals surface area (Å²) in [7, 11) is 0. The molecule has 0 bridgehead atoms. The summed E-state index contributed by atoms with van der Waals surface area (Å²) in [5.74, 6) is 0.416. The second-order valence-corrected chi connectivity index (χ2v) is 5.00. The Morgan fingerprint density at radius 3 is 2.44 bits per heavy atom. The molecule has 16 heavy (non-hydrogen) atoms. The molecule has 0 amide bonds. The van der Waals surface area contributed by atoms with Crippen LogP contribution in [0.3, 0.4) is 0 Å². The minimum atomic E-state index is -0.539. The van der Waals surface area contributed by atoms with Gasteiger partial charge in [-0.15, -0.1) is 0 Å². The van der Waals surface area contributed by atoms with Gasteiger partial charge in [-0.3, -0.25) is 0 Å². The van der Waals surface area contributed by atoms with Crippen LogP contribution < -0.4 is 5.73 Å². The number of hydrogen-bond acceptors (Lipinski definition) is 2. The van der Waals surface area contributed by atoms with Crippen LogP contribution in [0, 0.1) is 18.8 Å². The molecular formula is C13H20ClNO. The average Bonchev–Trinajstić information content (AvgIpc) is 2.22. The van der Waals surface area contributed by atoms with Gasteiger partial charge < -0.3 is 10.8 Å². The molecule has 0 aromatic heterocycles. The summed E-state index contributed by atoms with van der Waals surface area (Å²) in [6, 6.07) is 5.66. The lowest BCUT2D eigenvalue weighted by Crippen LogP contribution is -2.26. The van der Waals surface area contributed by atoms with E-state index in [9.17, 15) is 5.11 Å². The van der Waals surface area contributed by atoms with Crippen LogP contribution >= 0.6 is 11.6 Å². The van der Waals surface area contributed by atoms with Crippen LogP contribution in [0.2, 0.25) is 5.02 Å².